The topological polar surface area (TPSA) is 78.7 Å². The van der Waals surface area contributed by atoms with Crippen molar-refractivity contribution in [2.45, 2.75) is 6.92 Å². The highest BCUT2D eigenvalue weighted by atomic mass is 28.3. The molecule has 0 aromatic heterocycles. The summed E-state index contributed by atoms with van der Waals surface area (Å²) in [7, 11) is 5.44. The van der Waals surface area contributed by atoms with Crippen molar-refractivity contribution in [3.63, 3.8) is 0 Å². The number of aryl methyl sites for hydroxylation is 1. The average Bonchev–Trinajstić information content (AvgIpc) is 2.94. The van der Waals surface area contributed by atoms with Gasteiger partial charge >= 0.3 is 10.0 Å². The average molecular weight is 299 g/mol. The van der Waals surface area contributed by atoms with Crippen molar-refractivity contribution in [2.24, 2.45) is 5.16 Å². The number of benzene rings is 1. The first kappa shape index (κ1) is 16.8. The first-order chi connectivity index (χ1) is 8.72. The number of para-hydroxylation sites is 1. The minimum Gasteiger partial charge on any atom is -0.508 e. The van der Waals surface area contributed by atoms with E-state index in [0.717, 1.165) is 12.0 Å². The molecule has 8 radical (unpaired) electrons. The van der Waals surface area contributed by atoms with Gasteiger partial charge < -0.3 is 13.3 Å². The highest BCUT2D eigenvalue weighted by Crippen LogP contribution is 2.12. The number of oxime groups is 1. The van der Waals surface area contributed by atoms with Gasteiger partial charge in [-0.1, -0.05) is 18.2 Å². The summed E-state index contributed by atoms with van der Waals surface area (Å²) in [5.41, 5.74) is 0.924. The molecule has 1 heterocycles. The fraction of sp³-hybridized carbons (Fsp3) is 0.125. The largest absolute Gasteiger partial charge is 0.508 e. The number of nitrogens with zero attached hydrogens (tertiary/aromatic N) is 1. The monoisotopic (exact) mass is 299 g/mol. The van der Waals surface area contributed by atoms with Gasteiger partial charge in [-0.05, 0) is 23.7 Å². The fourth-order valence-corrected chi connectivity index (χ4v) is 1.21. The maximum Gasteiger partial charge on any atom is 0.409 e. The molecule has 1 aliphatic rings. The Kier molecular flexibility index (Phi) is 11.5. The molecule has 94 valence electrons. The maximum absolute atomic E-state index is 8.92. The van der Waals surface area contributed by atoms with Crippen LogP contribution in [0.2, 0.25) is 0 Å². The lowest BCUT2D eigenvalue weighted by molar-refractivity contribution is -0.450. The van der Waals surface area contributed by atoms with E-state index in [4.69, 9.17) is 5.11 Å². The molecular weight excluding hydrogens is 290 g/mol. The summed E-state index contributed by atoms with van der Waals surface area (Å²) in [5, 5.41) is 15.7. The summed E-state index contributed by atoms with van der Waals surface area (Å²) in [4.78, 5) is 7.72. The van der Waals surface area contributed by atoms with Gasteiger partial charge in [0.1, 0.15) is 5.75 Å². The molecule has 1 aromatic carbocycles. The van der Waals surface area contributed by atoms with Crippen LogP contribution in [0.5, 0.6) is 5.75 Å². The van der Waals surface area contributed by atoms with Crippen molar-refractivity contribution in [3.8, 4) is 5.75 Å². The van der Waals surface area contributed by atoms with Gasteiger partial charge in [-0.15, -0.1) is 0 Å². The van der Waals surface area contributed by atoms with E-state index < -0.39 is 0 Å². The standard InChI is InChI=1S/C7H8O.CHNO3.O2Si3/c1-6-4-2-3-5-7(6)8;1-2-4-5-3-1;3-1-5-2-4/h2-5,8H,1H3;1H;. The van der Waals surface area contributed by atoms with Crippen LogP contribution in [0.15, 0.2) is 29.4 Å². The summed E-state index contributed by atoms with van der Waals surface area (Å²) >= 11 is 0. The van der Waals surface area contributed by atoms with E-state index in [9.17, 15) is 0 Å². The van der Waals surface area contributed by atoms with Crippen LogP contribution in [-0.2, 0) is 23.1 Å². The zero-order chi connectivity index (χ0) is 13.6. The van der Waals surface area contributed by atoms with Crippen molar-refractivity contribution in [3.05, 3.63) is 29.8 Å². The highest BCUT2D eigenvalue weighted by molar-refractivity contribution is 6.33. The molecule has 7 nitrogen and oxygen atoms in total. The quantitative estimate of drug-likeness (QED) is 0.623. The van der Waals surface area contributed by atoms with E-state index in [0.29, 0.717) is 5.75 Å². The number of aromatic hydroxyl groups is 1. The Bertz CT molecular complexity index is 311. The normalized spacial score (nSPS) is 11.3. The number of hydrogen-bond acceptors (Lipinski definition) is 7. The second-order valence-electron chi connectivity index (χ2n) is 2.52. The summed E-state index contributed by atoms with van der Waals surface area (Å²) in [6.07, 6.45) is 1.04. The van der Waals surface area contributed by atoms with Crippen LogP contribution in [0.1, 0.15) is 5.56 Å². The Balaban J connectivity index is 0.000000254. The second-order valence-corrected chi connectivity index (χ2v) is 4.32. The predicted molar refractivity (Wildman–Crippen MR) is 64.0 cm³/mol. The molecule has 0 saturated carbocycles. The minimum atomic E-state index is 0.0247. The Hall–Kier alpha value is -1.18. The molecule has 2 rings (SSSR count). The minimum absolute atomic E-state index is 0.0247. The summed E-state index contributed by atoms with van der Waals surface area (Å²) < 4.78 is 8.51. The van der Waals surface area contributed by atoms with Crippen LogP contribution in [0.4, 0.5) is 0 Å². The molecule has 10 heteroatoms. The third-order valence-electron chi connectivity index (χ3n) is 1.40. The van der Waals surface area contributed by atoms with Gasteiger partial charge in [0.25, 0.3) is 6.40 Å². The van der Waals surface area contributed by atoms with E-state index >= 15 is 0 Å². The van der Waals surface area contributed by atoms with Gasteiger partial charge in [-0.3, -0.25) is 4.89 Å². The zero-order valence-corrected chi connectivity index (χ0v) is 12.3. The van der Waals surface area contributed by atoms with Crippen molar-refractivity contribution in [2.75, 3.05) is 0 Å². The number of hydrogen-bond donors (Lipinski definition) is 1. The van der Waals surface area contributed by atoms with Crippen LogP contribution >= 0.6 is 0 Å². The predicted octanol–water partition coefficient (Wildman–Crippen LogP) is 0.245. The van der Waals surface area contributed by atoms with Crippen molar-refractivity contribution >= 4 is 37.4 Å². The smallest absolute Gasteiger partial charge is 0.409 e. The lowest BCUT2D eigenvalue weighted by Gasteiger charge is -1.92. The van der Waals surface area contributed by atoms with E-state index in [1.165, 1.54) is 0 Å². The molecule has 0 amide bonds. The number of rotatable bonds is 2. The molecule has 18 heavy (non-hydrogen) atoms. The summed E-state index contributed by atoms with van der Waals surface area (Å²) in [5.74, 6) is 0.368. The third-order valence-corrected chi connectivity index (χ3v) is 2.06. The molecule has 0 bridgehead atoms. The molecule has 0 spiro atoms. The molecule has 0 atom stereocenters. The Morgan fingerprint density at radius 3 is 2.17 bits per heavy atom. The van der Waals surface area contributed by atoms with Crippen LogP contribution < -0.4 is 0 Å². The summed E-state index contributed by atoms with van der Waals surface area (Å²) in [6, 6.07) is 7.25. The van der Waals surface area contributed by atoms with E-state index in [1.54, 1.807) is 6.07 Å². The van der Waals surface area contributed by atoms with Gasteiger partial charge in [0, 0.05) is 0 Å². The molecule has 1 aromatic rings. The second kappa shape index (κ2) is 12.3. The molecule has 0 aliphatic carbocycles. The molecule has 0 saturated heterocycles. The number of phenols is 1. The van der Waals surface area contributed by atoms with Gasteiger partial charge in [-0.25, -0.2) is 0 Å². The van der Waals surface area contributed by atoms with Crippen LogP contribution in [0.3, 0.4) is 0 Å². The van der Waals surface area contributed by atoms with Gasteiger partial charge in [0.05, 0.1) is 5.04 Å². The van der Waals surface area contributed by atoms with E-state index in [1.807, 2.05) is 25.1 Å². The van der Waals surface area contributed by atoms with Crippen molar-refractivity contribution < 1.29 is 28.3 Å². The van der Waals surface area contributed by atoms with Gasteiger partial charge in [-0.2, -0.15) is 4.99 Å². The zero-order valence-electron chi connectivity index (χ0n) is 9.32. The first-order valence-corrected chi connectivity index (χ1v) is 6.01. The van der Waals surface area contributed by atoms with E-state index in [2.05, 4.69) is 49.3 Å². The van der Waals surface area contributed by atoms with Gasteiger partial charge in [0.15, 0.2) is 0 Å². The molecule has 1 aliphatic heterocycles. The number of phenolic OH excluding ortho intramolecular Hbond substituents is 1. The van der Waals surface area contributed by atoms with Crippen molar-refractivity contribution in [1.29, 1.82) is 0 Å². The summed E-state index contributed by atoms with van der Waals surface area (Å²) in [6.45, 7) is 1.87. The van der Waals surface area contributed by atoms with Crippen LogP contribution in [0, 0.1) is 6.92 Å². The lowest BCUT2D eigenvalue weighted by atomic mass is 10.2. The molecule has 0 unspecified atom stereocenters. The Morgan fingerprint density at radius 1 is 1.28 bits per heavy atom. The highest BCUT2D eigenvalue weighted by Gasteiger charge is 1.87. The molecule has 0 fully saturated rings. The SMILES string of the molecule is C1=NOOO1.Cc1ccccc1O.[Si]O[Si]O[Si]. The maximum atomic E-state index is 8.92. The Labute approximate surface area is 114 Å². The lowest BCUT2D eigenvalue weighted by Crippen LogP contribution is -1.96. The molecular formula is C8H9NO6Si3. The van der Waals surface area contributed by atoms with Crippen LogP contribution in [0.25, 0.3) is 0 Å². The van der Waals surface area contributed by atoms with E-state index in [-0.39, 0.29) is 10.0 Å². The third kappa shape index (κ3) is 10.0. The Morgan fingerprint density at radius 2 is 1.94 bits per heavy atom. The fourth-order valence-electron chi connectivity index (χ4n) is 0.672. The first-order valence-electron chi connectivity index (χ1n) is 4.38. The molecule has 1 N–H and O–H groups in total. The van der Waals surface area contributed by atoms with Gasteiger partial charge in [0.2, 0.25) is 21.0 Å². The van der Waals surface area contributed by atoms with Crippen LogP contribution in [-0.4, -0.2) is 42.5 Å². The van der Waals surface area contributed by atoms with Crippen molar-refractivity contribution in [1.82, 2.24) is 0 Å².